The number of ether oxygens (including phenoxy) is 1. The van der Waals surface area contributed by atoms with Gasteiger partial charge in [0.1, 0.15) is 17.7 Å². The molecular weight excluding hydrogens is 446 g/mol. The van der Waals surface area contributed by atoms with Gasteiger partial charge in [-0.05, 0) is 79.5 Å². The highest BCUT2D eigenvalue weighted by atomic mass is 16.6. The Kier molecular flexibility index (Phi) is 9.93. The molecule has 0 spiro atoms. The van der Waals surface area contributed by atoms with Gasteiger partial charge in [-0.3, -0.25) is 9.59 Å². The zero-order valence-electron chi connectivity index (χ0n) is 22.5. The molecule has 1 aromatic carbocycles. The number of aliphatic hydroxyl groups is 1. The molecule has 0 saturated carbocycles. The van der Waals surface area contributed by atoms with E-state index in [1.807, 2.05) is 41.5 Å². The Bertz CT molecular complexity index is 934. The maximum atomic E-state index is 13.9. The van der Waals surface area contributed by atoms with Gasteiger partial charge in [0, 0.05) is 16.6 Å². The molecule has 0 saturated heterocycles. The number of aliphatic hydroxyl groups excluding tert-OH is 1. The Balaban J connectivity index is 3.60. The summed E-state index contributed by atoms with van der Waals surface area (Å²) < 4.78 is 5.27. The van der Waals surface area contributed by atoms with Crippen molar-refractivity contribution in [3.63, 3.8) is 0 Å². The molecule has 1 rings (SSSR count). The minimum absolute atomic E-state index is 0.394. The largest absolute Gasteiger partial charge is 0.444 e. The average molecular weight is 488 g/mol. The molecule has 3 amide bonds. The molecule has 1 aromatic rings. The van der Waals surface area contributed by atoms with Crippen LogP contribution in [0, 0.1) is 12.3 Å². The number of amides is 3. The summed E-state index contributed by atoms with van der Waals surface area (Å²) in [5, 5.41) is 15.4. The molecule has 0 aliphatic heterocycles. The molecule has 2 unspecified atom stereocenters. The van der Waals surface area contributed by atoms with Gasteiger partial charge in [0.25, 0.3) is 0 Å². The third kappa shape index (κ3) is 8.91. The van der Waals surface area contributed by atoms with E-state index in [1.54, 1.807) is 45.0 Å². The van der Waals surface area contributed by atoms with E-state index in [0.29, 0.717) is 17.5 Å². The first kappa shape index (κ1) is 30.0. The second-order valence-electron chi connectivity index (χ2n) is 11.2. The highest BCUT2D eigenvalue weighted by molar-refractivity contribution is 5.93. The van der Waals surface area contributed by atoms with Gasteiger partial charge in [0.05, 0.1) is 6.61 Å². The average Bonchev–Trinajstić information content (AvgIpc) is 2.72. The molecule has 0 heterocycles. The van der Waals surface area contributed by atoms with E-state index < -0.39 is 53.3 Å². The van der Waals surface area contributed by atoms with Gasteiger partial charge in [-0.25, -0.2) is 4.79 Å². The van der Waals surface area contributed by atoms with Gasteiger partial charge in [-0.1, -0.05) is 25.0 Å². The number of carbonyl (C=O) groups is 3. The molecule has 8 heteroatoms. The fourth-order valence-corrected chi connectivity index (χ4v) is 3.37. The molecule has 0 aromatic heterocycles. The number of hydrogen-bond acceptors (Lipinski definition) is 5. The van der Waals surface area contributed by atoms with E-state index >= 15 is 0 Å². The van der Waals surface area contributed by atoms with Crippen LogP contribution in [0.3, 0.4) is 0 Å². The van der Waals surface area contributed by atoms with Gasteiger partial charge in [-0.2, -0.15) is 0 Å². The van der Waals surface area contributed by atoms with Crippen LogP contribution in [-0.2, 0) is 14.3 Å². The fraction of sp³-hybridized carbons (Fsp3) is 0.593. The smallest absolute Gasteiger partial charge is 0.408 e. The monoisotopic (exact) mass is 487 g/mol. The Hall–Kier alpha value is -3.05. The molecule has 2 atom stereocenters. The predicted octanol–water partition coefficient (Wildman–Crippen LogP) is 3.53. The summed E-state index contributed by atoms with van der Waals surface area (Å²) in [6, 6.07) is 4.48. The summed E-state index contributed by atoms with van der Waals surface area (Å²) in [7, 11) is 0. The van der Waals surface area contributed by atoms with Crippen molar-refractivity contribution in [3.05, 3.63) is 35.4 Å². The molecule has 0 bridgehead atoms. The molecule has 194 valence electrons. The van der Waals surface area contributed by atoms with Gasteiger partial charge >= 0.3 is 6.09 Å². The number of nitrogens with zero attached hydrogens (tertiary/aromatic N) is 1. The van der Waals surface area contributed by atoms with Crippen LogP contribution in [0.4, 0.5) is 4.79 Å². The first-order valence-electron chi connectivity index (χ1n) is 11.8. The predicted molar refractivity (Wildman–Crippen MR) is 136 cm³/mol. The van der Waals surface area contributed by atoms with Crippen molar-refractivity contribution in [1.29, 1.82) is 0 Å². The van der Waals surface area contributed by atoms with Crippen LogP contribution in [-0.4, -0.2) is 57.2 Å². The van der Waals surface area contributed by atoms with E-state index in [-0.39, 0.29) is 0 Å². The standard InChI is InChI=1S/C27H41N3O5/c1-11-18-13-15-19(16-14-18)21(22(32)29-25(3,4)5)30(27(9,10)12-2)23(33)20(17-31)28-24(34)35-26(6,7)8/h1,13-16,20-21,31H,12,17H2,2-10H3,(H,28,34)(H,29,32). The number of alkyl carbamates (subject to hydrolysis) is 1. The first-order valence-corrected chi connectivity index (χ1v) is 11.8. The number of carbonyl (C=O) groups excluding carboxylic acids is 3. The van der Waals surface area contributed by atoms with E-state index in [4.69, 9.17) is 11.2 Å². The lowest BCUT2D eigenvalue weighted by molar-refractivity contribution is -0.150. The fourth-order valence-electron chi connectivity index (χ4n) is 3.37. The van der Waals surface area contributed by atoms with Crippen molar-refractivity contribution in [1.82, 2.24) is 15.5 Å². The highest BCUT2D eigenvalue weighted by Gasteiger charge is 2.43. The van der Waals surface area contributed by atoms with E-state index in [0.717, 1.165) is 0 Å². The van der Waals surface area contributed by atoms with Crippen molar-refractivity contribution in [2.24, 2.45) is 0 Å². The number of nitrogens with one attached hydrogen (secondary N) is 2. The summed E-state index contributed by atoms with van der Waals surface area (Å²) >= 11 is 0. The van der Waals surface area contributed by atoms with Crippen molar-refractivity contribution >= 4 is 17.9 Å². The Morgan fingerprint density at radius 1 is 1.06 bits per heavy atom. The van der Waals surface area contributed by atoms with E-state index in [2.05, 4.69) is 16.6 Å². The SMILES string of the molecule is C#Cc1ccc(C(C(=O)NC(C)(C)C)N(C(=O)C(CO)NC(=O)OC(C)(C)C)C(C)(C)CC)cc1. The topological polar surface area (TPSA) is 108 Å². The summed E-state index contributed by atoms with van der Waals surface area (Å²) in [6.45, 7) is 15.5. The normalized spacial score (nSPS) is 13.7. The van der Waals surface area contributed by atoms with Gasteiger partial charge in [0.15, 0.2) is 0 Å². The summed E-state index contributed by atoms with van der Waals surface area (Å²) in [4.78, 5) is 41.3. The van der Waals surface area contributed by atoms with Crippen LogP contribution in [0.2, 0.25) is 0 Å². The lowest BCUT2D eigenvalue weighted by atomic mass is 9.91. The lowest BCUT2D eigenvalue weighted by Gasteiger charge is -2.45. The molecule has 8 nitrogen and oxygen atoms in total. The van der Waals surface area contributed by atoms with Crippen LogP contribution in [0.1, 0.15) is 85.9 Å². The molecule has 35 heavy (non-hydrogen) atoms. The van der Waals surface area contributed by atoms with Gasteiger partial charge in [-0.15, -0.1) is 6.42 Å². The molecule has 0 radical (unpaired) electrons. The maximum Gasteiger partial charge on any atom is 0.408 e. The molecular formula is C27H41N3O5. The van der Waals surface area contributed by atoms with Crippen LogP contribution in [0.25, 0.3) is 0 Å². The minimum atomic E-state index is -1.31. The van der Waals surface area contributed by atoms with Gasteiger partial charge < -0.3 is 25.4 Å². The van der Waals surface area contributed by atoms with Crippen LogP contribution in [0.15, 0.2) is 24.3 Å². The first-order chi connectivity index (χ1) is 16.0. The third-order valence-corrected chi connectivity index (χ3v) is 5.32. The minimum Gasteiger partial charge on any atom is -0.444 e. The van der Waals surface area contributed by atoms with Crippen LogP contribution in [0.5, 0.6) is 0 Å². The zero-order valence-corrected chi connectivity index (χ0v) is 22.5. The number of hydrogen-bond donors (Lipinski definition) is 3. The van der Waals surface area contributed by atoms with E-state index in [1.165, 1.54) is 4.90 Å². The third-order valence-electron chi connectivity index (χ3n) is 5.32. The number of rotatable bonds is 8. The Morgan fingerprint density at radius 3 is 2.00 bits per heavy atom. The maximum absolute atomic E-state index is 13.9. The molecule has 0 fully saturated rings. The Labute approximate surface area is 209 Å². The van der Waals surface area contributed by atoms with Crippen molar-refractivity contribution in [3.8, 4) is 12.3 Å². The van der Waals surface area contributed by atoms with Crippen molar-refractivity contribution in [2.45, 2.75) is 97.5 Å². The number of benzene rings is 1. The summed E-state index contributed by atoms with van der Waals surface area (Å²) in [6.07, 6.45) is 5.16. The number of terminal acetylenes is 1. The summed E-state index contributed by atoms with van der Waals surface area (Å²) in [5.74, 6) is 1.54. The van der Waals surface area contributed by atoms with Gasteiger partial charge in [0.2, 0.25) is 11.8 Å². The second-order valence-corrected chi connectivity index (χ2v) is 11.2. The van der Waals surface area contributed by atoms with Crippen LogP contribution < -0.4 is 10.6 Å². The molecule has 3 N–H and O–H groups in total. The quantitative estimate of drug-likeness (QED) is 0.486. The lowest BCUT2D eigenvalue weighted by Crippen LogP contribution is -2.61. The molecule has 0 aliphatic carbocycles. The highest BCUT2D eigenvalue weighted by Crippen LogP contribution is 2.32. The summed E-state index contributed by atoms with van der Waals surface area (Å²) in [5.41, 5.74) is -0.982. The zero-order chi connectivity index (χ0) is 27.2. The van der Waals surface area contributed by atoms with E-state index in [9.17, 15) is 19.5 Å². The Morgan fingerprint density at radius 2 is 1.60 bits per heavy atom. The van der Waals surface area contributed by atoms with Crippen LogP contribution >= 0.6 is 0 Å². The molecule has 0 aliphatic rings. The van der Waals surface area contributed by atoms with Crippen molar-refractivity contribution in [2.75, 3.05) is 6.61 Å². The van der Waals surface area contributed by atoms with Crippen molar-refractivity contribution < 1.29 is 24.2 Å². The second kappa shape index (κ2) is 11.6.